The van der Waals surface area contributed by atoms with Crippen LogP contribution < -0.4 is 0 Å². The lowest BCUT2D eigenvalue weighted by Gasteiger charge is -2.36. The normalized spacial score (nSPS) is 11.7. The third-order valence-corrected chi connectivity index (χ3v) is 5.11. The molecule has 0 aliphatic carbocycles. The van der Waals surface area contributed by atoms with Crippen LogP contribution in [-0.2, 0) is 18.4 Å². The molecule has 0 fully saturated rings. The fourth-order valence-corrected chi connectivity index (χ4v) is 3.57. The Kier molecular flexibility index (Phi) is 5.27. The zero-order valence-electron chi connectivity index (χ0n) is 15.5. The summed E-state index contributed by atoms with van der Waals surface area (Å²) < 4.78 is 1.71. The van der Waals surface area contributed by atoms with Gasteiger partial charge in [0.25, 0.3) is 0 Å². The first-order valence-electron chi connectivity index (χ1n) is 8.46. The van der Waals surface area contributed by atoms with Crippen molar-refractivity contribution >= 4 is 28.7 Å². The second kappa shape index (κ2) is 7.45. The molecule has 1 aromatic carbocycles. The van der Waals surface area contributed by atoms with Crippen LogP contribution >= 0.6 is 11.8 Å². The highest BCUT2D eigenvalue weighted by Gasteiger charge is 2.26. The summed E-state index contributed by atoms with van der Waals surface area (Å²) in [5, 5.41) is 5.87. The molecular weight excluding hydrogens is 346 g/mol. The van der Waals surface area contributed by atoms with Gasteiger partial charge in [-0.15, -0.1) is 0 Å². The second-order valence-corrected chi connectivity index (χ2v) is 8.07. The molecule has 0 radical (unpaired) electrons. The molecule has 0 saturated carbocycles. The molecule has 0 unspecified atom stereocenters. The van der Waals surface area contributed by atoms with Crippen molar-refractivity contribution in [2.75, 3.05) is 5.75 Å². The number of aromatic nitrogens is 4. The average Bonchev–Trinajstić information content (AvgIpc) is 2.99. The first-order chi connectivity index (χ1) is 12.4. The summed E-state index contributed by atoms with van der Waals surface area (Å²) in [6, 6.07) is 10.1. The molecule has 2 aromatic heterocycles. The van der Waals surface area contributed by atoms with Gasteiger partial charge in [-0.05, 0) is 26.3 Å². The Hall–Kier alpha value is -2.41. The van der Waals surface area contributed by atoms with Crippen molar-refractivity contribution in [1.82, 2.24) is 24.6 Å². The predicted molar refractivity (Wildman–Crippen MR) is 104 cm³/mol. The summed E-state index contributed by atoms with van der Waals surface area (Å²) in [7, 11) is 1.84. The van der Waals surface area contributed by atoms with Gasteiger partial charge in [-0.1, -0.05) is 42.1 Å². The Balaban J connectivity index is 1.75. The van der Waals surface area contributed by atoms with E-state index in [4.69, 9.17) is 0 Å². The molecule has 6 nitrogen and oxygen atoms in total. The number of carbonyl (C=O) groups is 1. The van der Waals surface area contributed by atoms with E-state index in [0.717, 1.165) is 21.6 Å². The monoisotopic (exact) mass is 369 g/mol. The van der Waals surface area contributed by atoms with E-state index in [1.54, 1.807) is 10.9 Å². The van der Waals surface area contributed by atoms with Gasteiger partial charge in [0.1, 0.15) is 11.4 Å². The lowest BCUT2D eigenvalue weighted by atomic mass is 10.0. The minimum atomic E-state index is -0.261. The van der Waals surface area contributed by atoms with E-state index in [2.05, 4.69) is 35.8 Å². The van der Waals surface area contributed by atoms with Gasteiger partial charge in [0.2, 0.25) is 5.91 Å². The maximum atomic E-state index is 12.9. The smallest absolute Gasteiger partial charge is 0.233 e. The van der Waals surface area contributed by atoms with Gasteiger partial charge in [0.15, 0.2) is 5.65 Å². The summed E-state index contributed by atoms with van der Waals surface area (Å²) in [6.45, 7) is 6.77. The number of rotatable bonds is 5. The van der Waals surface area contributed by atoms with Gasteiger partial charge in [-0.2, -0.15) is 5.10 Å². The average molecular weight is 369 g/mol. The summed E-state index contributed by atoms with van der Waals surface area (Å²) >= 11 is 1.43. The fraction of sp³-hybridized carbons (Fsp3) is 0.368. The Morgan fingerprint density at radius 1 is 1.19 bits per heavy atom. The first-order valence-corrected chi connectivity index (χ1v) is 9.45. The predicted octanol–water partition coefficient (Wildman–Crippen LogP) is 3.28. The van der Waals surface area contributed by atoms with Gasteiger partial charge in [-0.3, -0.25) is 9.48 Å². The van der Waals surface area contributed by atoms with E-state index in [0.29, 0.717) is 12.3 Å². The highest BCUT2D eigenvalue weighted by molar-refractivity contribution is 8.00. The Morgan fingerprint density at radius 2 is 1.92 bits per heavy atom. The molecule has 0 N–H and O–H groups in total. The van der Waals surface area contributed by atoms with Crippen LogP contribution in [0, 0.1) is 0 Å². The number of amides is 1. The standard InChI is InChI=1S/C19H23N5OS/c1-19(2,3)24(11-14-8-6-5-7-9-14)16(25)12-26-18-15-10-22-23(4)17(15)20-13-21-18/h5-10,13H,11-12H2,1-4H3. The highest BCUT2D eigenvalue weighted by atomic mass is 32.2. The van der Waals surface area contributed by atoms with Crippen molar-refractivity contribution in [2.45, 2.75) is 37.9 Å². The number of fused-ring (bicyclic) bond motifs is 1. The van der Waals surface area contributed by atoms with Gasteiger partial charge in [0.05, 0.1) is 17.3 Å². The number of thioether (sulfide) groups is 1. The summed E-state index contributed by atoms with van der Waals surface area (Å²) in [4.78, 5) is 23.4. The van der Waals surface area contributed by atoms with Crippen LogP contribution in [-0.4, -0.2) is 41.8 Å². The maximum absolute atomic E-state index is 12.9. The van der Waals surface area contributed by atoms with E-state index in [1.165, 1.54) is 18.1 Å². The van der Waals surface area contributed by atoms with Crippen molar-refractivity contribution in [2.24, 2.45) is 7.05 Å². The van der Waals surface area contributed by atoms with Gasteiger partial charge in [-0.25, -0.2) is 9.97 Å². The molecule has 0 spiro atoms. The number of nitrogens with zero attached hydrogens (tertiary/aromatic N) is 5. The van der Waals surface area contributed by atoms with Crippen LogP contribution in [0.3, 0.4) is 0 Å². The van der Waals surface area contributed by atoms with Crippen LogP contribution in [0.25, 0.3) is 11.0 Å². The summed E-state index contributed by atoms with van der Waals surface area (Å²) in [6.07, 6.45) is 3.26. The SMILES string of the molecule is Cn1ncc2c(SCC(=O)N(Cc3ccccc3)C(C)(C)C)ncnc21. The van der Waals surface area contributed by atoms with Crippen LogP contribution in [0.2, 0.25) is 0 Å². The molecule has 26 heavy (non-hydrogen) atoms. The molecule has 3 rings (SSSR count). The third kappa shape index (κ3) is 4.04. The Morgan fingerprint density at radius 3 is 2.62 bits per heavy atom. The molecular formula is C19H23N5OS. The molecule has 2 heterocycles. The summed E-state index contributed by atoms with van der Waals surface area (Å²) in [5.41, 5.74) is 1.63. The quantitative estimate of drug-likeness (QED) is 0.510. The second-order valence-electron chi connectivity index (χ2n) is 7.11. The van der Waals surface area contributed by atoms with Crippen LogP contribution in [0.1, 0.15) is 26.3 Å². The first kappa shape index (κ1) is 18.4. The third-order valence-electron chi connectivity index (χ3n) is 4.12. The van der Waals surface area contributed by atoms with Crippen LogP contribution in [0.5, 0.6) is 0 Å². The van der Waals surface area contributed by atoms with E-state index in [-0.39, 0.29) is 11.4 Å². The topological polar surface area (TPSA) is 63.9 Å². The number of benzene rings is 1. The molecule has 0 aliphatic rings. The molecule has 1 amide bonds. The molecule has 7 heteroatoms. The van der Waals surface area contributed by atoms with E-state index >= 15 is 0 Å². The Labute approximate surface area is 157 Å². The minimum absolute atomic E-state index is 0.0852. The van der Waals surface area contributed by atoms with Crippen molar-refractivity contribution in [3.8, 4) is 0 Å². The van der Waals surface area contributed by atoms with Crippen molar-refractivity contribution < 1.29 is 4.79 Å². The van der Waals surface area contributed by atoms with Gasteiger partial charge in [0, 0.05) is 19.1 Å². The van der Waals surface area contributed by atoms with E-state index < -0.39 is 0 Å². The number of hydrogen-bond donors (Lipinski definition) is 0. The fourth-order valence-electron chi connectivity index (χ4n) is 2.73. The zero-order valence-corrected chi connectivity index (χ0v) is 16.3. The largest absolute Gasteiger partial charge is 0.333 e. The highest BCUT2D eigenvalue weighted by Crippen LogP contribution is 2.26. The zero-order chi connectivity index (χ0) is 18.7. The number of hydrogen-bond acceptors (Lipinski definition) is 5. The van der Waals surface area contributed by atoms with E-state index in [1.807, 2.05) is 42.3 Å². The number of aryl methyl sites for hydroxylation is 1. The van der Waals surface area contributed by atoms with E-state index in [9.17, 15) is 4.79 Å². The van der Waals surface area contributed by atoms with Gasteiger partial charge < -0.3 is 4.90 Å². The van der Waals surface area contributed by atoms with Crippen LogP contribution in [0.4, 0.5) is 0 Å². The molecule has 0 aliphatic heterocycles. The molecule has 136 valence electrons. The van der Waals surface area contributed by atoms with Gasteiger partial charge >= 0.3 is 0 Å². The lowest BCUT2D eigenvalue weighted by Crippen LogP contribution is -2.45. The minimum Gasteiger partial charge on any atom is -0.333 e. The molecule has 0 atom stereocenters. The maximum Gasteiger partial charge on any atom is 0.233 e. The summed E-state index contributed by atoms with van der Waals surface area (Å²) in [5.74, 6) is 0.410. The van der Waals surface area contributed by atoms with Crippen molar-refractivity contribution in [3.63, 3.8) is 0 Å². The lowest BCUT2D eigenvalue weighted by molar-refractivity contribution is -0.133. The van der Waals surface area contributed by atoms with Crippen molar-refractivity contribution in [3.05, 3.63) is 48.4 Å². The molecule has 0 saturated heterocycles. The van der Waals surface area contributed by atoms with Crippen LogP contribution in [0.15, 0.2) is 47.9 Å². The van der Waals surface area contributed by atoms with Crippen molar-refractivity contribution in [1.29, 1.82) is 0 Å². The molecule has 0 bridgehead atoms. The molecule has 3 aromatic rings. The Bertz CT molecular complexity index is 901. The number of carbonyl (C=O) groups excluding carboxylic acids is 1.